The molecule has 3 unspecified atom stereocenters. The van der Waals surface area contributed by atoms with Gasteiger partial charge in [-0.3, -0.25) is 4.79 Å². The third-order valence-corrected chi connectivity index (χ3v) is 4.93. The first-order chi connectivity index (χ1) is 9.65. The highest BCUT2D eigenvalue weighted by atomic mass is 16.2. The summed E-state index contributed by atoms with van der Waals surface area (Å²) in [7, 11) is 0. The SMILES string of the molecule is Cc1cccc([C@H](C)NC(=O)C2NCC3CCCC32)c1. The summed E-state index contributed by atoms with van der Waals surface area (Å²) in [5.41, 5.74) is 2.41. The fourth-order valence-electron chi connectivity index (χ4n) is 3.80. The van der Waals surface area contributed by atoms with Gasteiger partial charge in [0.1, 0.15) is 0 Å². The van der Waals surface area contributed by atoms with Crippen molar-refractivity contribution in [1.82, 2.24) is 10.6 Å². The molecular weight excluding hydrogens is 248 g/mol. The molecule has 0 spiro atoms. The number of rotatable bonds is 3. The summed E-state index contributed by atoms with van der Waals surface area (Å²) in [6.45, 7) is 5.16. The van der Waals surface area contributed by atoms with Gasteiger partial charge in [0.15, 0.2) is 0 Å². The number of nitrogens with one attached hydrogen (secondary N) is 2. The van der Waals surface area contributed by atoms with Crippen LogP contribution in [0, 0.1) is 18.8 Å². The maximum Gasteiger partial charge on any atom is 0.237 e. The first-order valence-corrected chi connectivity index (χ1v) is 7.75. The molecule has 0 radical (unpaired) electrons. The average Bonchev–Trinajstić information content (AvgIpc) is 3.00. The number of benzene rings is 1. The predicted molar refractivity (Wildman–Crippen MR) is 80.4 cm³/mol. The summed E-state index contributed by atoms with van der Waals surface area (Å²) < 4.78 is 0. The van der Waals surface area contributed by atoms with E-state index in [0.29, 0.717) is 5.92 Å². The molecule has 1 amide bonds. The van der Waals surface area contributed by atoms with Gasteiger partial charge in [-0.2, -0.15) is 0 Å². The van der Waals surface area contributed by atoms with Crippen LogP contribution < -0.4 is 10.6 Å². The molecule has 1 aliphatic heterocycles. The molecule has 2 fully saturated rings. The van der Waals surface area contributed by atoms with Crippen LogP contribution >= 0.6 is 0 Å². The quantitative estimate of drug-likeness (QED) is 0.888. The minimum Gasteiger partial charge on any atom is -0.348 e. The third-order valence-electron chi connectivity index (χ3n) is 4.93. The summed E-state index contributed by atoms with van der Waals surface area (Å²) >= 11 is 0. The fourth-order valence-corrected chi connectivity index (χ4v) is 3.80. The van der Waals surface area contributed by atoms with Gasteiger partial charge in [-0.25, -0.2) is 0 Å². The van der Waals surface area contributed by atoms with E-state index in [0.717, 1.165) is 12.5 Å². The fraction of sp³-hybridized carbons (Fsp3) is 0.588. The maximum absolute atomic E-state index is 12.5. The van der Waals surface area contributed by atoms with Crippen LogP contribution in [0.5, 0.6) is 0 Å². The highest BCUT2D eigenvalue weighted by Gasteiger charge is 2.42. The van der Waals surface area contributed by atoms with Crippen molar-refractivity contribution in [3.63, 3.8) is 0 Å². The van der Waals surface area contributed by atoms with E-state index in [1.54, 1.807) is 0 Å². The zero-order valence-electron chi connectivity index (χ0n) is 12.4. The summed E-state index contributed by atoms with van der Waals surface area (Å²) in [4.78, 5) is 12.5. The van der Waals surface area contributed by atoms with Crippen molar-refractivity contribution in [2.24, 2.45) is 11.8 Å². The highest BCUT2D eigenvalue weighted by Crippen LogP contribution is 2.37. The lowest BCUT2D eigenvalue weighted by Crippen LogP contribution is -2.44. The smallest absolute Gasteiger partial charge is 0.237 e. The first kappa shape index (κ1) is 13.6. The van der Waals surface area contributed by atoms with Gasteiger partial charge in [0, 0.05) is 0 Å². The largest absolute Gasteiger partial charge is 0.348 e. The molecule has 3 nitrogen and oxygen atoms in total. The Kier molecular flexibility index (Phi) is 3.79. The van der Waals surface area contributed by atoms with Crippen LogP contribution in [0.1, 0.15) is 43.4 Å². The van der Waals surface area contributed by atoms with Gasteiger partial charge in [-0.1, -0.05) is 36.2 Å². The zero-order valence-corrected chi connectivity index (χ0v) is 12.4. The van der Waals surface area contributed by atoms with E-state index < -0.39 is 0 Å². The van der Waals surface area contributed by atoms with Crippen molar-refractivity contribution < 1.29 is 4.79 Å². The molecule has 3 heteroatoms. The molecule has 3 rings (SSSR count). The number of hydrogen-bond acceptors (Lipinski definition) is 2. The van der Waals surface area contributed by atoms with Crippen LogP contribution in [0.25, 0.3) is 0 Å². The van der Waals surface area contributed by atoms with E-state index in [2.05, 4.69) is 42.7 Å². The number of fused-ring (bicyclic) bond motifs is 1. The van der Waals surface area contributed by atoms with Gasteiger partial charge in [0.2, 0.25) is 5.91 Å². The molecule has 4 atom stereocenters. The second kappa shape index (κ2) is 5.57. The minimum absolute atomic E-state index is 0.0229. The Morgan fingerprint density at radius 1 is 1.40 bits per heavy atom. The average molecular weight is 272 g/mol. The monoisotopic (exact) mass is 272 g/mol. The van der Waals surface area contributed by atoms with Crippen molar-refractivity contribution >= 4 is 5.91 Å². The van der Waals surface area contributed by atoms with Crippen molar-refractivity contribution in [3.05, 3.63) is 35.4 Å². The van der Waals surface area contributed by atoms with Crippen LogP contribution in [0.4, 0.5) is 0 Å². The van der Waals surface area contributed by atoms with E-state index in [4.69, 9.17) is 0 Å². The standard InChI is InChI=1S/C17H24N2O/c1-11-5-3-6-13(9-11)12(2)19-17(20)16-15-8-4-7-14(15)10-18-16/h3,5-6,9,12,14-16,18H,4,7-8,10H2,1-2H3,(H,19,20)/t12-,14?,15?,16?/m0/s1. The molecule has 20 heavy (non-hydrogen) atoms. The number of amides is 1. The molecule has 1 aromatic rings. The molecule has 2 N–H and O–H groups in total. The van der Waals surface area contributed by atoms with E-state index in [1.165, 1.54) is 30.4 Å². The van der Waals surface area contributed by atoms with Crippen molar-refractivity contribution in [1.29, 1.82) is 0 Å². The second-order valence-corrected chi connectivity index (χ2v) is 6.39. The summed E-state index contributed by atoms with van der Waals surface area (Å²) in [6.07, 6.45) is 3.78. The molecule has 108 valence electrons. The molecule has 1 heterocycles. The Balaban J connectivity index is 1.64. The Labute approximate surface area is 121 Å². The number of hydrogen-bond donors (Lipinski definition) is 2. The molecular formula is C17H24N2O. The molecule has 0 bridgehead atoms. The van der Waals surface area contributed by atoms with Gasteiger partial charge >= 0.3 is 0 Å². The topological polar surface area (TPSA) is 41.1 Å². The minimum atomic E-state index is 0.0229. The van der Waals surface area contributed by atoms with Gasteiger partial charge in [-0.05, 0) is 50.6 Å². The van der Waals surface area contributed by atoms with E-state index in [-0.39, 0.29) is 18.0 Å². The summed E-state index contributed by atoms with van der Waals surface area (Å²) in [5.74, 6) is 1.45. The number of aryl methyl sites for hydroxylation is 1. The van der Waals surface area contributed by atoms with E-state index in [9.17, 15) is 4.79 Å². The van der Waals surface area contributed by atoms with Gasteiger partial charge in [-0.15, -0.1) is 0 Å². The normalized spacial score (nSPS) is 30.0. The molecule has 1 aliphatic carbocycles. The lowest BCUT2D eigenvalue weighted by Gasteiger charge is -2.21. The number of carbonyl (C=O) groups excluding carboxylic acids is 1. The molecule has 1 saturated heterocycles. The van der Waals surface area contributed by atoms with Crippen LogP contribution in [-0.2, 0) is 4.79 Å². The molecule has 2 aliphatic rings. The lowest BCUT2D eigenvalue weighted by molar-refractivity contribution is -0.124. The Morgan fingerprint density at radius 3 is 3.05 bits per heavy atom. The third kappa shape index (κ3) is 2.59. The van der Waals surface area contributed by atoms with Crippen molar-refractivity contribution in [2.45, 2.75) is 45.2 Å². The molecule has 1 aromatic carbocycles. The van der Waals surface area contributed by atoms with Gasteiger partial charge < -0.3 is 10.6 Å². The zero-order chi connectivity index (χ0) is 14.1. The predicted octanol–water partition coefficient (Wildman–Crippen LogP) is 2.56. The Hall–Kier alpha value is -1.35. The summed E-state index contributed by atoms with van der Waals surface area (Å²) in [6, 6.07) is 8.46. The maximum atomic E-state index is 12.5. The van der Waals surface area contributed by atoms with E-state index in [1.807, 2.05) is 6.07 Å². The highest BCUT2D eigenvalue weighted by molar-refractivity contribution is 5.83. The van der Waals surface area contributed by atoms with Crippen LogP contribution in [0.15, 0.2) is 24.3 Å². The molecule has 0 aromatic heterocycles. The van der Waals surface area contributed by atoms with Gasteiger partial charge in [0.05, 0.1) is 12.1 Å². The van der Waals surface area contributed by atoms with Gasteiger partial charge in [0.25, 0.3) is 0 Å². The molecule has 1 saturated carbocycles. The van der Waals surface area contributed by atoms with Crippen molar-refractivity contribution in [3.8, 4) is 0 Å². The number of carbonyl (C=O) groups is 1. The lowest BCUT2D eigenvalue weighted by atomic mass is 9.93. The van der Waals surface area contributed by atoms with E-state index >= 15 is 0 Å². The first-order valence-electron chi connectivity index (χ1n) is 7.75. The Bertz CT molecular complexity index is 500. The summed E-state index contributed by atoms with van der Waals surface area (Å²) in [5, 5.41) is 6.59. The van der Waals surface area contributed by atoms with Crippen molar-refractivity contribution in [2.75, 3.05) is 6.54 Å². The van der Waals surface area contributed by atoms with Crippen LogP contribution in [0.2, 0.25) is 0 Å². The van der Waals surface area contributed by atoms with Crippen LogP contribution in [-0.4, -0.2) is 18.5 Å². The van der Waals surface area contributed by atoms with Crippen LogP contribution in [0.3, 0.4) is 0 Å². The Morgan fingerprint density at radius 2 is 2.25 bits per heavy atom. The second-order valence-electron chi connectivity index (χ2n) is 6.39.